The molecule has 4 nitrogen and oxygen atoms in total. The Balaban J connectivity index is 2.00. The third-order valence-corrected chi connectivity index (χ3v) is 3.46. The van der Waals surface area contributed by atoms with Crippen LogP contribution in [0.15, 0.2) is 42.0 Å². The lowest BCUT2D eigenvalue weighted by Crippen LogP contribution is -2.33. The number of benzene rings is 1. The van der Waals surface area contributed by atoms with Gasteiger partial charge in [-0.15, -0.1) is 0 Å². The summed E-state index contributed by atoms with van der Waals surface area (Å²) in [5.41, 5.74) is 1.71. The Hall–Kier alpha value is -2.10. The van der Waals surface area contributed by atoms with E-state index >= 15 is 0 Å². The number of carbonyl (C=O) groups is 2. The van der Waals surface area contributed by atoms with Gasteiger partial charge in [0.05, 0.1) is 0 Å². The second kappa shape index (κ2) is 6.89. The summed E-state index contributed by atoms with van der Waals surface area (Å²) >= 11 is 0. The smallest absolute Gasteiger partial charge is 0.330 e. The van der Waals surface area contributed by atoms with Gasteiger partial charge in [-0.3, -0.25) is 4.79 Å². The summed E-state index contributed by atoms with van der Waals surface area (Å²) in [5.74, 6) is -1.27. The molecule has 0 heterocycles. The number of rotatable bonds is 5. The van der Waals surface area contributed by atoms with Crippen LogP contribution in [0.2, 0.25) is 0 Å². The zero-order valence-electron chi connectivity index (χ0n) is 11.3. The lowest BCUT2D eigenvalue weighted by Gasteiger charge is -2.17. The topological polar surface area (TPSA) is 66.4 Å². The summed E-state index contributed by atoms with van der Waals surface area (Å²) in [5, 5.41) is 11.9. The number of carboxylic acid groups (broad SMARTS) is 1. The van der Waals surface area contributed by atoms with E-state index in [1.54, 1.807) is 24.3 Å². The summed E-state index contributed by atoms with van der Waals surface area (Å²) in [6, 6.07) is 7.78. The molecule has 1 amide bonds. The lowest BCUT2D eigenvalue weighted by molar-refractivity contribution is -0.142. The van der Waals surface area contributed by atoms with E-state index in [0.717, 1.165) is 24.8 Å². The van der Waals surface area contributed by atoms with Crippen LogP contribution in [0.3, 0.4) is 0 Å². The van der Waals surface area contributed by atoms with Crippen molar-refractivity contribution in [3.63, 3.8) is 0 Å². The van der Waals surface area contributed by atoms with Crippen molar-refractivity contribution in [2.75, 3.05) is 0 Å². The average Bonchev–Trinajstić information content (AvgIpc) is 2.46. The van der Waals surface area contributed by atoms with E-state index in [2.05, 4.69) is 11.4 Å². The molecule has 1 aromatic rings. The van der Waals surface area contributed by atoms with Crippen LogP contribution in [0.1, 0.15) is 43.7 Å². The summed E-state index contributed by atoms with van der Waals surface area (Å²) in [6.45, 7) is 0. The normalized spacial score (nSPS) is 16.1. The van der Waals surface area contributed by atoms with Crippen molar-refractivity contribution in [1.82, 2.24) is 5.32 Å². The maximum absolute atomic E-state index is 12.0. The highest BCUT2D eigenvalue weighted by atomic mass is 16.4. The van der Waals surface area contributed by atoms with E-state index in [4.69, 9.17) is 0 Å². The fourth-order valence-electron chi connectivity index (χ4n) is 2.42. The highest BCUT2D eigenvalue weighted by Crippen LogP contribution is 2.20. The number of hydrogen-bond acceptors (Lipinski definition) is 2. The van der Waals surface area contributed by atoms with Crippen LogP contribution in [-0.2, 0) is 9.59 Å². The molecule has 1 aliphatic rings. The summed E-state index contributed by atoms with van der Waals surface area (Å²) < 4.78 is 0. The van der Waals surface area contributed by atoms with Crippen molar-refractivity contribution in [2.45, 2.75) is 38.1 Å². The first-order valence-corrected chi connectivity index (χ1v) is 6.92. The Morgan fingerprint density at radius 3 is 2.55 bits per heavy atom. The van der Waals surface area contributed by atoms with Crippen molar-refractivity contribution in [3.05, 3.63) is 47.5 Å². The van der Waals surface area contributed by atoms with Gasteiger partial charge in [0.25, 0.3) is 0 Å². The third kappa shape index (κ3) is 3.95. The van der Waals surface area contributed by atoms with Crippen molar-refractivity contribution in [2.24, 2.45) is 0 Å². The van der Waals surface area contributed by atoms with Crippen LogP contribution in [0.4, 0.5) is 0 Å². The number of aliphatic carboxylic acids is 1. The number of allylic oxidation sites excluding steroid dienone is 1. The van der Waals surface area contributed by atoms with Crippen LogP contribution in [-0.4, -0.2) is 17.0 Å². The molecule has 0 radical (unpaired) electrons. The molecule has 0 saturated heterocycles. The van der Waals surface area contributed by atoms with E-state index < -0.39 is 12.0 Å². The van der Waals surface area contributed by atoms with Gasteiger partial charge in [-0.25, -0.2) is 4.79 Å². The Kier molecular flexibility index (Phi) is 4.93. The zero-order valence-corrected chi connectivity index (χ0v) is 11.3. The van der Waals surface area contributed by atoms with Gasteiger partial charge < -0.3 is 10.4 Å². The predicted octanol–water partition coefficient (Wildman–Crippen LogP) is 2.82. The molecule has 1 aromatic carbocycles. The van der Waals surface area contributed by atoms with Crippen molar-refractivity contribution >= 4 is 11.9 Å². The molecular weight excluding hydrogens is 254 g/mol. The third-order valence-electron chi connectivity index (χ3n) is 3.46. The number of carboxylic acids is 1. The predicted molar refractivity (Wildman–Crippen MR) is 76.1 cm³/mol. The van der Waals surface area contributed by atoms with Crippen molar-refractivity contribution < 1.29 is 14.7 Å². The van der Waals surface area contributed by atoms with E-state index in [0.29, 0.717) is 12.0 Å². The van der Waals surface area contributed by atoms with Crippen LogP contribution < -0.4 is 5.32 Å². The minimum Gasteiger partial charge on any atom is -0.479 e. The molecule has 20 heavy (non-hydrogen) atoms. The van der Waals surface area contributed by atoms with Gasteiger partial charge in [-0.2, -0.15) is 0 Å². The first-order chi connectivity index (χ1) is 9.66. The first-order valence-electron chi connectivity index (χ1n) is 6.92. The molecule has 0 unspecified atom stereocenters. The number of nitrogens with one attached hydrogen (secondary N) is 1. The van der Waals surface area contributed by atoms with Crippen molar-refractivity contribution in [1.29, 1.82) is 0 Å². The molecule has 0 aliphatic heterocycles. The minimum atomic E-state index is -1.04. The summed E-state index contributed by atoms with van der Waals surface area (Å²) in [4.78, 5) is 23.3. The molecule has 0 saturated carbocycles. The molecule has 2 rings (SSSR count). The van der Waals surface area contributed by atoms with E-state index in [-0.39, 0.29) is 5.91 Å². The summed E-state index contributed by atoms with van der Waals surface area (Å²) in [7, 11) is 0. The van der Waals surface area contributed by atoms with Gasteiger partial charge in [0, 0.05) is 6.42 Å². The highest BCUT2D eigenvalue weighted by Gasteiger charge is 2.22. The zero-order chi connectivity index (χ0) is 14.4. The Labute approximate surface area is 118 Å². The van der Waals surface area contributed by atoms with E-state index in [1.807, 2.05) is 6.07 Å². The largest absolute Gasteiger partial charge is 0.479 e. The van der Waals surface area contributed by atoms with E-state index in [1.165, 1.54) is 6.42 Å². The fourth-order valence-corrected chi connectivity index (χ4v) is 2.42. The number of hydrogen-bond donors (Lipinski definition) is 2. The molecule has 1 aliphatic carbocycles. The molecule has 4 heteroatoms. The Bertz CT molecular complexity index is 508. The van der Waals surface area contributed by atoms with E-state index in [9.17, 15) is 14.7 Å². The molecule has 0 fully saturated rings. The van der Waals surface area contributed by atoms with Crippen LogP contribution in [0.5, 0.6) is 0 Å². The monoisotopic (exact) mass is 273 g/mol. The SMILES string of the molecule is O=C(CC1=CCCCC1)N[C@@H](C(=O)O)c1ccccc1. The highest BCUT2D eigenvalue weighted by molar-refractivity contribution is 5.85. The van der Waals surface area contributed by atoms with Gasteiger partial charge in [-0.1, -0.05) is 42.0 Å². The standard InChI is InChI=1S/C16H19NO3/c18-14(11-12-7-3-1-4-8-12)17-15(16(19)20)13-9-5-2-6-10-13/h2,5-7,9-10,15H,1,3-4,8,11H2,(H,17,18)(H,19,20)/t15-/m1/s1. The van der Waals surface area contributed by atoms with Gasteiger partial charge >= 0.3 is 5.97 Å². The lowest BCUT2D eigenvalue weighted by atomic mass is 9.97. The fraction of sp³-hybridized carbons (Fsp3) is 0.375. The molecular formula is C16H19NO3. The van der Waals surface area contributed by atoms with Crippen LogP contribution >= 0.6 is 0 Å². The van der Waals surface area contributed by atoms with Crippen LogP contribution in [0.25, 0.3) is 0 Å². The van der Waals surface area contributed by atoms with Gasteiger partial charge in [0.15, 0.2) is 6.04 Å². The molecule has 0 aromatic heterocycles. The molecule has 0 bridgehead atoms. The molecule has 2 N–H and O–H groups in total. The average molecular weight is 273 g/mol. The Morgan fingerprint density at radius 1 is 1.20 bits per heavy atom. The van der Waals surface area contributed by atoms with Gasteiger partial charge in [-0.05, 0) is 31.2 Å². The second-order valence-corrected chi connectivity index (χ2v) is 5.03. The Morgan fingerprint density at radius 2 is 1.95 bits per heavy atom. The van der Waals surface area contributed by atoms with Gasteiger partial charge in [0.2, 0.25) is 5.91 Å². The van der Waals surface area contributed by atoms with Gasteiger partial charge in [0.1, 0.15) is 0 Å². The van der Waals surface area contributed by atoms with Crippen LogP contribution in [0, 0.1) is 0 Å². The first kappa shape index (κ1) is 14.3. The molecule has 0 spiro atoms. The van der Waals surface area contributed by atoms with Crippen molar-refractivity contribution in [3.8, 4) is 0 Å². The molecule has 1 atom stereocenters. The molecule has 106 valence electrons. The maximum atomic E-state index is 12.0. The minimum absolute atomic E-state index is 0.227. The summed E-state index contributed by atoms with van der Waals surface area (Å²) in [6.07, 6.45) is 6.64. The maximum Gasteiger partial charge on any atom is 0.330 e. The quantitative estimate of drug-likeness (QED) is 0.811. The second-order valence-electron chi connectivity index (χ2n) is 5.03. The number of amides is 1. The number of carbonyl (C=O) groups excluding carboxylic acids is 1.